The number of carbonyl (C=O) groups excluding carboxylic acids is 1. The molecule has 1 aliphatic heterocycles. The van der Waals surface area contributed by atoms with Crippen molar-refractivity contribution < 1.29 is 18.1 Å². The molecule has 0 radical (unpaired) electrons. The lowest BCUT2D eigenvalue weighted by Crippen LogP contribution is -2.45. The number of nitro groups is 1. The number of hydrogen-bond acceptors (Lipinski definition) is 5. The van der Waals surface area contributed by atoms with E-state index in [1.54, 1.807) is 6.92 Å². The molecule has 1 heterocycles. The van der Waals surface area contributed by atoms with Crippen molar-refractivity contribution in [1.82, 2.24) is 9.62 Å². The van der Waals surface area contributed by atoms with Crippen LogP contribution in [0.25, 0.3) is 0 Å². The van der Waals surface area contributed by atoms with Crippen molar-refractivity contribution in [2.45, 2.75) is 50.5 Å². The third-order valence-electron chi connectivity index (χ3n) is 5.52. The highest BCUT2D eigenvalue weighted by Gasteiger charge is 2.35. The lowest BCUT2D eigenvalue weighted by molar-refractivity contribution is -0.385. The maximum Gasteiger partial charge on any atom is 0.270 e. The van der Waals surface area contributed by atoms with Gasteiger partial charge in [0.2, 0.25) is 15.9 Å². The first-order valence-corrected chi connectivity index (χ1v) is 10.7. The third kappa shape index (κ3) is 4.30. The summed E-state index contributed by atoms with van der Waals surface area (Å²) in [4.78, 5) is 22.7. The van der Waals surface area contributed by atoms with Crippen LogP contribution in [0.15, 0.2) is 23.1 Å². The number of carbonyl (C=O) groups is 1. The number of benzene rings is 1. The van der Waals surface area contributed by atoms with Gasteiger partial charge in [-0.25, -0.2) is 8.42 Å². The van der Waals surface area contributed by atoms with Gasteiger partial charge in [-0.1, -0.05) is 6.07 Å². The summed E-state index contributed by atoms with van der Waals surface area (Å²) >= 11 is 0. The van der Waals surface area contributed by atoms with E-state index >= 15 is 0 Å². The fraction of sp³-hybridized carbons (Fsp3) is 0.611. The molecule has 1 aromatic carbocycles. The van der Waals surface area contributed by atoms with Crippen LogP contribution < -0.4 is 5.32 Å². The lowest BCUT2D eigenvalue weighted by Gasteiger charge is -2.31. The Morgan fingerprint density at radius 1 is 1.26 bits per heavy atom. The highest BCUT2D eigenvalue weighted by Crippen LogP contribution is 2.33. The highest BCUT2D eigenvalue weighted by atomic mass is 32.2. The summed E-state index contributed by atoms with van der Waals surface area (Å²) in [5.74, 6) is 0.382. The zero-order chi connectivity index (χ0) is 19.8. The average molecular weight is 395 g/mol. The first kappa shape index (κ1) is 19.8. The van der Waals surface area contributed by atoms with Crippen LogP contribution in [0.1, 0.15) is 38.2 Å². The van der Waals surface area contributed by atoms with E-state index in [4.69, 9.17) is 0 Å². The van der Waals surface area contributed by atoms with Gasteiger partial charge in [0.15, 0.2) is 0 Å². The first-order valence-electron chi connectivity index (χ1n) is 9.25. The first-order chi connectivity index (χ1) is 12.7. The van der Waals surface area contributed by atoms with Crippen LogP contribution in [-0.4, -0.2) is 42.7 Å². The fourth-order valence-corrected chi connectivity index (χ4v) is 5.25. The maximum atomic E-state index is 12.9. The van der Waals surface area contributed by atoms with E-state index in [0.717, 1.165) is 18.9 Å². The number of piperidine rings is 1. The predicted octanol–water partition coefficient (Wildman–Crippen LogP) is 2.22. The number of amides is 1. The summed E-state index contributed by atoms with van der Waals surface area (Å²) < 4.78 is 27.2. The molecular weight excluding hydrogens is 370 g/mol. The normalized spacial score (nSPS) is 20.2. The Kier molecular flexibility index (Phi) is 5.53. The van der Waals surface area contributed by atoms with Crippen LogP contribution in [0.5, 0.6) is 0 Å². The van der Waals surface area contributed by atoms with Gasteiger partial charge in [-0.15, -0.1) is 0 Å². The van der Waals surface area contributed by atoms with Crippen molar-refractivity contribution in [2.75, 3.05) is 13.1 Å². The Bertz CT molecular complexity index is 843. The molecule has 1 atom stereocenters. The summed E-state index contributed by atoms with van der Waals surface area (Å²) in [6.45, 7) is 4.11. The molecule has 3 rings (SSSR count). The largest absolute Gasteiger partial charge is 0.353 e. The van der Waals surface area contributed by atoms with Crippen LogP contribution in [-0.2, 0) is 14.8 Å². The zero-order valence-electron chi connectivity index (χ0n) is 15.6. The number of hydrogen-bond donors (Lipinski definition) is 1. The molecule has 0 unspecified atom stereocenters. The second-order valence-corrected chi connectivity index (χ2v) is 9.43. The summed E-state index contributed by atoms with van der Waals surface area (Å²) in [5, 5.41) is 14.0. The van der Waals surface area contributed by atoms with Gasteiger partial charge >= 0.3 is 0 Å². The van der Waals surface area contributed by atoms with Crippen molar-refractivity contribution in [2.24, 2.45) is 11.8 Å². The van der Waals surface area contributed by atoms with Crippen LogP contribution in [0, 0.1) is 28.9 Å². The quantitative estimate of drug-likeness (QED) is 0.587. The number of nitro benzene ring substituents is 1. The minimum atomic E-state index is -3.83. The molecule has 0 bridgehead atoms. The van der Waals surface area contributed by atoms with Gasteiger partial charge < -0.3 is 5.32 Å². The van der Waals surface area contributed by atoms with Gasteiger partial charge in [-0.2, -0.15) is 4.31 Å². The number of nitrogens with zero attached hydrogens (tertiary/aromatic N) is 2. The van der Waals surface area contributed by atoms with E-state index in [1.807, 2.05) is 6.92 Å². The van der Waals surface area contributed by atoms with Crippen molar-refractivity contribution in [1.29, 1.82) is 0 Å². The Balaban J connectivity index is 1.67. The van der Waals surface area contributed by atoms with Crippen LogP contribution in [0.4, 0.5) is 5.69 Å². The van der Waals surface area contributed by atoms with Crippen molar-refractivity contribution in [3.05, 3.63) is 33.9 Å². The van der Waals surface area contributed by atoms with E-state index in [-0.39, 0.29) is 41.5 Å². The molecule has 0 spiro atoms. The topological polar surface area (TPSA) is 110 Å². The molecule has 8 nitrogen and oxygen atoms in total. The zero-order valence-corrected chi connectivity index (χ0v) is 16.4. The van der Waals surface area contributed by atoms with Crippen molar-refractivity contribution >= 4 is 21.6 Å². The van der Waals surface area contributed by atoms with E-state index in [0.29, 0.717) is 24.3 Å². The van der Waals surface area contributed by atoms with Gasteiger partial charge in [0.1, 0.15) is 0 Å². The monoisotopic (exact) mass is 395 g/mol. The average Bonchev–Trinajstić information content (AvgIpc) is 3.47. The van der Waals surface area contributed by atoms with E-state index in [1.165, 1.54) is 16.4 Å². The Hall–Kier alpha value is -2.00. The number of aryl methyl sites for hydroxylation is 1. The molecule has 1 saturated carbocycles. The number of rotatable bonds is 6. The van der Waals surface area contributed by atoms with Crippen LogP contribution in [0.3, 0.4) is 0 Å². The van der Waals surface area contributed by atoms with E-state index in [9.17, 15) is 23.3 Å². The molecule has 0 aromatic heterocycles. The van der Waals surface area contributed by atoms with Gasteiger partial charge in [0.25, 0.3) is 5.69 Å². The lowest BCUT2D eigenvalue weighted by atomic mass is 9.96. The predicted molar refractivity (Wildman–Crippen MR) is 99.6 cm³/mol. The molecular formula is C18H25N3O5S. The number of nitrogens with one attached hydrogen (secondary N) is 1. The molecule has 27 heavy (non-hydrogen) atoms. The Labute approximate surface area is 159 Å². The maximum absolute atomic E-state index is 12.9. The van der Waals surface area contributed by atoms with Gasteiger partial charge in [-0.05, 0) is 51.0 Å². The molecule has 1 amide bonds. The van der Waals surface area contributed by atoms with E-state index < -0.39 is 14.9 Å². The summed E-state index contributed by atoms with van der Waals surface area (Å²) in [7, 11) is -3.83. The molecule has 2 fully saturated rings. The molecule has 2 aliphatic rings. The molecule has 1 N–H and O–H groups in total. The smallest absolute Gasteiger partial charge is 0.270 e. The SMILES string of the molecule is Cc1ccc([N+](=O)[O-])cc1S(=O)(=O)N1CCC(C(=O)N[C@@H](C)C2CC2)CC1. The van der Waals surface area contributed by atoms with Gasteiger partial charge in [0.05, 0.1) is 9.82 Å². The van der Waals surface area contributed by atoms with Gasteiger partial charge in [-0.3, -0.25) is 14.9 Å². The van der Waals surface area contributed by atoms with E-state index in [2.05, 4.69) is 5.32 Å². The highest BCUT2D eigenvalue weighted by molar-refractivity contribution is 7.89. The molecule has 9 heteroatoms. The molecule has 1 aliphatic carbocycles. The Morgan fingerprint density at radius 3 is 2.44 bits per heavy atom. The van der Waals surface area contributed by atoms with Gasteiger partial charge in [0, 0.05) is 37.2 Å². The fourth-order valence-electron chi connectivity index (χ4n) is 3.53. The number of sulfonamides is 1. The second-order valence-electron chi connectivity index (χ2n) is 7.52. The second kappa shape index (κ2) is 7.55. The molecule has 1 saturated heterocycles. The Morgan fingerprint density at radius 2 is 1.89 bits per heavy atom. The summed E-state index contributed by atoms with van der Waals surface area (Å²) in [6.07, 6.45) is 3.22. The minimum absolute atomic E-state index is 0.00187. The third-order valence-corrected chi connectivity index (χ3v) is 7.56. The van der Waals surface area contributed by atoms with Crippen LogP contribution in [0.2, 0.25) is 0 Å². The van der Waals surface area contributed by atoms with Crippen molar-refractivity contribution in [3.8, 4) is 0 Å². The molecule has 148 valence electrons. The summed E-state index contributed by atoms with van der Waals surface area (Å²) in [5.41, 5.74) is 0.223. The number of non-ortho nitro benzene ring substituents is 1. The van der Waals surface area contributed by atoms with Crippen LogP contribution >= 0.6 is 0 Å². The molecule has 1 aromatic rings. The standard InChI is InChI=1S/C18H25N3O5S/c1-12-3-6-16(21(23)24)11-17(12)27(25,26)20-9-7-15(8-10-20)18(22)19-13(2)14-4-5-14/h3,6,11,13-15H,4-5,7-10H2,1-2H3,(H,19,22)/t13-/m0/s1. The minimum Gasteiger partial charge on any atom is -0.353 e. The summed E-state index contributed by atoms with van der Waals surface area (Å²) in [6, 6.07) is 4.03. The van der Waals surface area contributed by atoms with Crippen molar-refractivity contribution in [3.63, 3.8) is 0 Å².